The number of amides is 2. The SMILES string of the molecule is COc1ccc(Cl)cc1NC(=O)[C@@H](C)N(C)CC(=O)NC1CC1. The van der Waals surface area contributed by atoms with Crippen LogP contribution < -0.4 is 15.4 Å². The molecule has 0 bridgehead atoms. The standard InChI is InChI=1S/C16H22ClN3O3/c1-10(20(2)9-15(21)18-12-5-6-12)16(22)19-13-8-11(17)4-7-14(13)23-3/h4,7-8,10,12H,5-6,9H2,1-3H3,(H,18,21)(H,19,22)/t10-/m1/s1. The Labute approximate surface area is 141 Å². The number of anilines is 1. The number of nitrogens with zero attached hydrogens (tertiary/aromatic N) is 1. The molecular formula is C16H22ClN3O3. The Kier molecular flexibility index (Phi) is 5.85. The summed E-state index contributed by atoms with van der Waals surface area (Å²) >= 11 is 5.95. The zero-order valence-electron chi connectivity index (χ0n) is 13.6. The average molecular weight is 340 g/mol. The molecule has 0 heterocycles. The zero-order valence-corrected chi connectivity index (χ0v) is 14.3. The molecule has 0 saturated heterocycles. The third-order valence-corrected chi connectivity index (χ3v) is 4.03. The number of hydrogen-bond acceptors (Lipinski definition) is 4. The third kappa shape index (κ3) is 5.11. The van der Waals surface area contributed by atoms with Gasteiger partial charge < -0.3 is 15.4 Å². The van der Waals surface area contributed by atoms with Crippen LogP contribution in [-0.2, 0) is 9.59 Å². The number of carbonyl (C=O) groups excluding carboxylic acids is 2. The van der Waals surface area contributed by atoms with Crippen LogP contribution in [0.25, 0.3) is 0 Å². The Morgan fingerprint density at radius 2 is 2.13 bits per heavy atom. The molecule has 0 aliphatic heterocycles. The number of carbonyl (C=O) groups is 2. The largest absolute Gasteiger partial charge is 0.495 e. The molecule has 1 aliphatic carbocycles. The van der Waals surface area contributed by atoms with Crippen molar-refractivity contribution in [3.8, 4) is 5.75 Å². The predicted octanol–water partition coefficient (Wildman–Crippen LogP) is 1.89. The average Bonchev–Trinajstić information content (AvgIpc) is 3.30. The summed E-state index contributed by atoms with van der Waals surface area (Å²) in [6, 6.07) is 4.85. The van der Waals surface area contributed by atoms with Gasteiger partial charge in [-0.2, -0.15) is 0 Å². The minimum atomic E-state index is -0.469. The fourth-order valence-electron chi connectivity index (χ4n) is 2.08. The summed E-state index contributed by atoms with van der Waals surface area (Å²) in [5.41, 5.74) is 0.507. The van der Waals surface area contributed by atoms with E-state index in [0.717, 1.165) is 12.8 Å². The molecule has 2 N–H and O–H groups in total. The van der Waals surface area contributed by atoms with E-state index >= 15 is 0 Å². The number of rotatable bonds is 7. The molecule has 1 aromatic rings. The lowest BCUT2D eigenvalue weighted by Gasteiger charge is -2.23. The van der Waals surface area contributed by atoms with Crippen molar-refractivity contribution in [1.82, 2.24) is 10.2 Å². The van der Waals surface area contributed by atoms with E-state index in [2.05, 4.69) is 10.6 Å². The summed E-state index contributed by atoms with van der Waals surface area (Å²) in [4.78, 5) is 25.9. The van der Waals surface area contributed by atoms with E-state index < -0.39 is 6.04 Å². The van der Waals surface area contributed by atoms with E-state index in [1.165, 1.54) is 7.11 Å². The quantitative estimate of drug-likeness (QED) is 0.795. The molecule has 126 valence electrons. The van der Waals surface area contributed by atoms with E-state index in [-0.39, 0.29) is 18.4 Å². The first-order valence-corrected chi connectivity index (χ1v) is 7.92. The fraction of sp³-hybridized carbons (Fsp3) is 0.500. The van der Waals surface area contributed by atoms with E-state index in [9.17, 15) is 9.59 Å². The van der Waals surface area contributed by atoms with Gasteiger partial charge in [-0.3, -0.25) is 14.5 Å². The van der Waals surface area contributed by atoms with Crippen molar-refractivity contribution in [1.29, 1.82) is 0 Å². The summed E-state index contributed by atoms with van der Waals surface area (Å²) in [6.45, 7) is 1.93. The maximum atomic E-state index is 12.4. The third-order valence-electron chi connectivity index (χ3n) is 3.80. The highest BCUT2D eigenvalue weighted by Crippen LogP contribution is 2.27. The molecular weight excluding hydrogens is 318 g/mol. The lowest BCUT2D eigenvalue weighted by atomic mass is 10.2. The van der Waals surface area contributed by atoms with Crippen molar-refractivity contribution in [3.05, 3.63) is 23.2 Å². The second-order valence-electron chi connectivity index (χ2n) is 5.77. The van der Waals surface area contributed by atoms with Crippen molar-refractivity contribution < 1.29 is 14.3 Å². The highest BCUT2D eigenvalue weighted by atomic mass is 35.5. The van der Waals surface area contributed by atoms with Crippen LogP contribution in [0, 0.1) is 0 Å². The number of nitrogens with one attached hydrogen (secondary N) is 2. The summed E-state index contributed by atoms with van der Waals surface area (Å²) in [6.07, 6.45) is 2.08. The molecule has 1 aliphatic rings. The number of ether oxygens (including phenoxy) is 1. The first-order valence-electron chi connectivity index (χ1n) is 7.54. The van der Waals surface area contributed by atoms with E-state index in [1.807, 2.05) is 0 Å². The molecule has 1 aromatic carbocycles. The molecule has 7 heteroatoms. The molecule has 1 saturated carbocycles. The number of benzene rings is 1. The molecule has 6 nitrogen and oxygen atoms in total. The van der Waals surface area contributed by atoms with E-state index in [1.54, 1.807) is 37.1 Å². The van der Waals surface area contributed by atoms with Gasteiger partial charge in [0.05, 0.1) is 25.4 Å². The highest BCUT2D eigenvalue weighted by Gasteiger charge is 2.26. The van der Waals surface area contributed by atoms with Crippen LogP contribution in [0.5, 0.6) is 5.75 Å². The van der Waals surface area contributed by atoms with Gasteiger partial charge in [-0.05, 0) is 45.0 Å². The lowest BCUT2D eigenvalue weighted by molar-refractivity contribution is -0.124. The summed E-state index contributed by atoms with van der Waals surface area (Å²) in [5.74, 6) is 0.242. The van der Waals surface area contributed by atoms with Crippen molar-refractivity contribution in [2.24, 2.45) is 0 Å². The van der Waals surface area contributed by atoms with Crippen LogP contribution in [0.15, 0.2) is 18.2 Å². The first-order chi connectivity index (χ1) is 10.9. The number of halogens is 1. The van der Waals surface area contributed by atoms with Gasteiger partial charge in [-0.1, -0.05) is 11.6 Å². The van der Waals surface area contributed by atoms with Crippen molar-refractivity contribution in [2.45, 2.75) is 31.8 Å². The molecule has 1 atom stereocenters. The number of likely N-dealkylation sites (N-methyl/N-ethyl adjacent to an activating group) is 1. The van der Waals surface area contributed by atoms with Crippen LogP contribution in [0.3, 0.4) is 0 Å². The van der Waals surface area contributed by atoms with Crippen molar-refractivity contribution >= 4 is 29.1 Å². The highest BCUT2D eigenvalue weighted by molar-refractivity contribution is 6.31. The van der Waals surface area contributed by atoms with E-state index in [4.69, 9.17) is 16.3 Å². The van der Waals surface area contributed by atoms with Crippen LogP contribution in [0.2, 0.25) is 5.02 Å². The van der Waals surface area contributed by atoms with Crippen molar-refractivity contribution in [2.75, 3.05) is 26.0 Å². The maximum Gasteiger partial charge on any atom is 0.241 e. The van der Waals surface area contributed by atoms with Crippen LogP contribution in [-0.4, -0.2) is 49.5 Å². The molecule has 1 fully saturated rings. The maximum absolute atomic E-state index is 12.4. The van der Waals surface area contributed by atoms with Gasteiger partial charge in [-0.15, -0.1) is 0 Å². The monoisotopic (exact) mass is 339 g/mol. The number of hydrogen-bond donors (Lipinski definition) is 2. The van der Waals surface area contributed by atoms with Crippen LogP contribution >= 0.6 is 11.6 Å². The molecule has 0 unspecified atom stereocenters. The van der Waals surface area contributed by atoms with Gasteiger partial charge >= 0.3 is 0 Å². The van der Waals surface area contributed by atoms with Crippen LogP contribution in [0.1, 0.15) is 19.8 Å². The van der Waals surface area contributed by atoms with Crippen LogP contribution in [0.4, 0.5) is 5.69 Å². The van der Waals surface area contributed by atoms with Gasteiger partial charge in [-0.25, -0.2) is 0 Å². The Hall–Kier alpha value is -1.79. The lowest BCUT2D eigenvalue weighted by Crippen LogP contribution is -2.45. The summed E-state index contributed by atoms with van der Waals surface area (Å²) in [7, 11) is 3.27. The normalized spacial score (nSPS) is 15.2. The second-order valence-corrected chi connectivity index (χ2v) is 6.20. The molecule has 2 rings (SSSR count). The second kappa shape index (κ2) is 7.66. The first kappa shape index (κ1) is 17.6. The van der Waals surface area contributed by atoms with Gasteiger partial charge in [0, 0.05) is 11.1 Å². The number of methoxy groups -OCH3 is 1. The minimum absolute atomic E-state index is 0.0602. The Balaban J connectivity index is 1.93. The Morgan fingerprint density at radius 3 is 2.74 bits per heavy atom. The van der Waals surface area contributed by atoms with E-state index in [0.29, 0.717) is 22.5 Å². The smallest absolute Gasteiger partial charge is 0.241 e. The van der Waals surface area contributed by atoms with Gasteiger partial charge in [0.25, 0.3) is 0 Å². The van der Waals surface area contributed by atoms with Crippen molar-refractivity contribution in [3.63, 3.8) is 0 Å². The van der Waals surface area contributed by atoms with Gasteiger partial charge in [0.1, 0.15) is 5.75 Å². The molecule has 23 heavy (non-hydrogen) atoms. The summed E-state index contributed by atoms with van der Waals surface area (Å²) in [5, 5.41) is 6.20. The predicted molar refractivity (Wildman–Crippen MR) is 89.9 cm³/mol. The summed E-state index contributed by atoms with van der Waals surface area (Å²) < 4.78 is 5.21. The molecule has 0 spiro atoms. The van der Waals surface area contributed by atoms with Gasteiger partial charge in [0.2, 0.25) is 11.8 Å². The zero-order chi connectivity index (χ0) is 17.0. The molecule has 2 amide bonds. The van der Waals surface area contributed by atoms with Gasteiger partial charge in [0.15, 0.2) is 0 Å². The molecule has 0 aromatic heterocycles. The topological polar surface area (TPSA) is 70.7 Å². The fourth-order valence-corrected chi connectivity index (χ4v) is 2.25. The Morgan fingerprint density at radius 1 is 1.43 bits per heavy atom. The Bertz CT molecular complexity index is 590. The minimum Gasteiger partial charge on any atom is -0.495 e. The molecule has 0 radical (unpaired) electrons.